The summed E-state index contributed by atoms with van der Waals surface area (Å²) in [5.74, 6) is 0.652. The lowest BCUT2D eigenvalue weighted by atomic mass is 9.94. The zero-order valence-electron chi connectivity index (χ0n) is 12.3. The van der Waals surface area contributed by atoms with Gasteiger partial charge in [-0.25, -0.2) is 0 Å². The zero-order chi connectivity index (χ0) is 14.2. The second kappa shape index (κ2) is 5.28. The molecule has 108 valence electrons. The van der Waals surface area contributed by atoms with Crippen LogP contribution in [0.1, 0.15) is 30.0 Å². The highest BCUT2D eigenvalue weighted by Gasteiger charge is 2.34. The Balaban J connectivity index is 1.78. The van der Waals surface area contributed by atoms with Crippen LogP contribution >= 0.6 is 0 Å². The molecule has 0 spiro atoms. The van der Waals surface area contributed by atoms with Crippen molar-refractivity contribution in [3.05, 3.63) is 59.7 Å². The van der Waals surface area contributed by atoms with Crippen molar-refractivity contribution >= 4 is 0 Å². The van der Waals surface area contributed by atoms with E-state index in [-0.39, 0.29) is 0 Å². The number of nitrogens with two attached hydrogens (primary N) is 1. The van der Waals surface area contributed by atoms with Crippen molar-refractivity contribution in [2.24, 2.45) is 11.7 Å². The van der Waals surface area contributed by atoms with Gasteiger partial charge >= 0.3 is 0 Å². The second-order valence-corrected chi connectivity index (χ2v) is 6.32. The molecule has 2 nitrogen and oxygen atoms in total. The Labute approximate surface area is 126 Å². The number of nitrogens with zero attached hydrogens (tertiary/aromatic N) is 1. The van der Waals surface area contributed by atoms with Crippen LogP contribution in [0.15, 0.2) is 48.5 Å². The van der Waals surface area contributed by atoms with Gasteiger partial charge in [-0.2, -0.15) is 0 Å². The maximum Gasteiger partial charge on any atom is 0.0614 e. The Morgan fingerprint density at radius 3 is 2.19 bits per heavy atom. The number of benzene rings is 2. The van der Waals surface area contributed by atoms with Crippen LogP contribution in [-0.2, 0) is 0 Å². The summed E-state index contributed by atoms with van der Waals surface area (Å²) in [6, 6.07) is 18.2. The number of piperidine rings is 1. The fraction of sp³-hybridized carbons (Fsp3) is 0.368. The largest absolute Gasteiger partial charge is 0.330 e. The minimum atomic E-state index is 0.423. The first kappa shape index (κ1) is 13.1. The lowest BCUT2D eigenvalue weighted by Crippen LogP contribution is -2.40. The van der Waals surface area contributed by atoms with E-state index in [2.05, 4.69) is 53.4 Å². The highest BCUT2D eigenvalue weighted by molar-refractivity contribution is 5.78. The van der Waals surface area contributed by atoms with Gasteiger partial charge in [-0.3, -0.25) is 4.90 Å². The third-order valence-corrected chi connectivity index (χ3v) is 5.05. The van der Waals surface area contributed by atoms with Crippen LogP contribution in [-0.4, -0.2) is 24.5 Å². The van der Waals surface area contributed by atoms with Crippen molar-refractivity contribution in [3.8, 4) is 11.1 Å². The topological polar surface area (TPSA) is 29.3 Å². The summed E-state index contributed by atoms with van der Waals surface area (Å²) in [7, 11) is 0. The Bertz CT molecular complexity index is 604. The molecule has 1 aliphatic heterocycles. The first-order valence-electron chi connectivity index (χ1n) is 8.01. The molecule has 21 heavy (non-hydrogen) atoms. The van der Waals surface area contributed by atoms with E-state index in [1.54, 1.807) is 0 Å². The number of fused-ring (bicyclic) bond motifs is 3. The van der Waals surface area contributed by atoms with E-state index in [0.29, 0.717) is 12.0 Å². The average molecular weight is 278 g/mol. The van der Waals surface area contributed by atoms with Crippen molar-refractivity contribution in [2.75, 3.05) is 19.6 Å². The quantitative estimate of drug-likeness (QED) is 0.912. The van der Waals surface area contributed by atoms with Gasteiger partial charge in [0, 0.05) is 6.54 Å². The molecule has 2 N–H and O–H groups in total. The second-order valence-electron chi connectivity index (χ2n) is 6.32. The molecular weight excluding hydrogens is 256 g/mol. The molecule has 2 aliphatic rings. The van der Waals surface area contributed by atoms with E-state index in [4.69, 9.17) is 5.73 Å². The zero-order valence-corrected chi connectivity index (χ0v) is 12.3. The normalized spacial score (nSPS) is 22.0. The van der Waals surface area contributed by atoms with E-state index in [1.807, 2.05) is 0 Å². The van der Waals surface area contributed by atoms with Crippen molar-refractivity contribution in [3.63, 3.8) is 0 Å². The summed E-state index contributed by atoms with van der Waals surface area (Å²) >= 11 is 0. The molecule has 0 bridgehead atoms. The van der Waals surface area contributed by atoms with Crippen LogP contribution in [0, 0.1) is 5.92 Å². The monoisotopic (exact) mass is 278 g/mol. The molecule has 2 heteroatoms. The Hall–Kier alpha value is -1.64. The highest BCUT2D eigenvalue weighted by Crippen LogP contribution is 2.46. The van der Waals surface area contributed by atoms with Gasteiger partial charge < -0.3 is 5.73 Å². The lowest BCUT2D eigenvalue weighted by Gasteiger charge is -2.37. The molecule has 1 saturated heterocycles. The molecule has 0 saturated carbocycles. The van der Waals surface area contributed by atoms with E-state index >= 15 is 0 Å². The van der Waals surface area contributed by atoms with E-state index in [9.17, 15) is 0 Å². The molecule has 2 aromatic carbocycles. The third-order valence-electron chi connectivity index (χ3n) is 5.05. The fourth-order valence-corrected chi connectivity index (χ4v) is 4.05. The molecule has 0 aromatic heterocycles. The molecule has 0 radical (unpaired) electrons. The summed E-state index contributed by atoms with van der Waals surface area (Å²) in [4.78, 5) is 2.64. The summed E-state index contributed by atoms with van der Waals surface area (Å²) in [5, 5.41) is 0. The standard InChI is InChI=1S/C19H22N2/c20-12-14-6-5-11-21(13-14)19-17-9-3-1-7-15(17)16-8-2-4-10-18(16)19/h1-4,7-10,14,19H,5-6,11-13,20H2. The van der Waals surface area contributed by atoms with Gasteiger partial charge in [0.1, 0.15) is 0 Å². The van der Waals surface area contributed by atoms with Crippen molar-refractivity contribution in [1.29, 1.82) is 0 Å². The van der Waals surface area contributed by atoms with Gasteiger partial charge in [-0.05, 0) is 54.1 Å². The molecule has 2 aromatic rings. The van der Waals surface area contributed by atoms with Gasteiger partial charge in [-0.15, -0.1) is 0 Å². The number of likely N-dealkylation sites (tertiary alicyclic amines) is 1. The summed E-state index contributed by atoms with van der Waals surface area (Å²) < 4.78 is 0. The maximum atomic E-state index is 5.93. The lowest BCUT2D eigenvalue weighted by molar-refractivity contribution is 0.147. The van der Waals surface area contributed by atoms with Crippen LogP contribution in [0.2, 0.25) is 0 Å². The SMILES string of the molecule is NCC1CCCN(C2c3ccccc3-c3ccccc32)C1. The van der Waals surface area contributed by atoms with Gasteiger partial charge in [-0.1, -0.05) is 48.5 Å². The molecule has 1 fully saturated rings. The van der Waals surface area contributed by atoms with E-state index in [1.165, 1.54) is 41.6 Å². The molecule has 4 rings (SSSR count). The number of hydrogen-bond donors (Lipinski definition) is 1. The molecule has 1 heterocycles. The minimum absolute atomic E-state index is 0.423. The predicted molar refractivity (Wildman–Crippen MR) is 87.1 cm³/mol. The Morgan fingerprint density at radius 2 is 1.57 bits per heavy atom. The third kappa shape index (κ3) is 2.10. The van der Waals surface area contributed by atoms with Crippen molar-refractivity contribution in [2.45, 2.75) is 18.9 Å². The van der Waals surface area contributed by atoms with Crippen molar-refractivity contribution < 1.29 is 0 Å². The summed E-state index contributed by atoms with van der Waals surface area (Å²) in [5.41, 5.74) is 11.7. The average Bonchev–Trinajstić information content (AvgIpc) is 2.89. The number of rotatable bonds is 2. The number of hydrogen-bond acceptors (Lipinski definition) is 2. The first-order chi connectivity index (χ1) is 10.4. The molecular formula is C19H22N2. The van der Waals surface area contributed by atoms with Gasteiger partial charge in [0.05, 0.1) is 6.04 Å². The molecule has 1 atom stereocenters. The fourth-order valence-electron chi connectivity index (χ4n) is 4.05. The summed E-state index contributed by atoms with van der Waals surface area (Å²) in [6.45, 7) is 3.13. The van der Waals surface area contributed by atoms with E-state index in [0.717, 1.165) is 13.1 Å². The maximum absolute atomic E-state index is 5.93. The molecule has 1 unspecified atom stereocenters. The molecule has 0 amide bonds. The van der Waals surface area contributed by atoms with Crippen LogP contribution in [0.25, 0.3) is 11.1 Å². The Morgan fingerprint density at radius 1 is 0.952 bits per heavy atom. The van der Waals surface area contributed by atoms with Crippen LogP contribution < -0.4 is 5.73 Å². The molecule has 1 aliphatic carbocycles. The van der Waals surface area contributed by atoms with E-state index < -0.39 is 0 Å². The van der Waals surface area contributed by atoms with Gasteiger partial charge in [0.2, 0.25) is 0 Å². The van der Waals surface area contributed by atoms with Crippen molar-refractivity contribution in [1.82, 2.24) is 4.90 Å². The van der Waals surface area contributed by atoms with Crippen LogP contribution in [0.4, 0.5) is 0 Å². The smallest absolute Gasteiger partial charge is 0.0614 e. The minimum Gasteiger partial charge on any atom is -0.330 e. The van der Waals surface area contributed by atoms with Crippen LogP contribution in [0.5, 0.6) is 0 Å². The summed E-state index contributed by atoms with van der Waals surface area (Å²) in [6.07, 6.45) is 2.55. The highest BCUT2D eigenvalue weighted by atomic mass is 15.2. The van der Waals surface area contributed by atoms with Gasteiger partial charge in [0.25, 0.3) is 0 Å². The van der Waals surface area contributed by atoms with Gasteiger partial charge in [0.15, 0.2) is 0 Å². The van der Waals surface area contributed by atoms with Crippen LogP contribution in [0.3, 0.4) is 0 Å². The Kier molecular flexibility index (Phi) is 3.28. The first-order valence-corrected chi connectivity index (χ1v) is 8.01. The predicted octanol–water partition coefficient (Wildman–Crippen LogP) is 3.43.